The molecular weight excluding hydrogens is 246 g/mol. The molecule has 0 aliphatic carbocycles. The summed E-state index contributed by atoms with van der Waals surface area (Å²) in [4.78, 5) is 23.2. The second kappa shape index (κ2) is 6.33. The lowest BCUT2D eigenvalue weighted by Crippen LogP contribution is -2.42. The van der Waals surface area contributed by atoms with Crippen molar-refractivity contribution in [2.45, 2.75) is 31.4 Å². The third kappa shape index (κ3) is 3.54. The van der Waals surface area contributed by atoms with E-state index >= 15 is 0 Å². The summed E-state index contributed by atoms with van der Waals surface area (Å²) in [5.41, 5.74) is 0.555. The zero-order chi connectivity index (χ0) is 13.7. The Morgan fingerprint density at radius 3 is 2.58 bits per heavy atom. The zero-order valence-electron chi connectivity index (χ0n) is 10.5. The van der Waals surface area contributed by atoms with E-state index in [2.05, 4.69) is 5.32 Å². The first-order valence-electron chi connectivity index (χ1n) is 6.38. The van der Waals surface area contributed by atoms with Gasteiger partial charge in [0.15, 0.2) is 6.04 Å². The van der Waals surface area contributed by atoms with Crippen LogP contribution in [0.2, 0.25) is 0 Å². The Hall–Kier alpha value is -1.88. The van der Waals surface area contributed by atoms with Gasteiger partial charge in [0, 0.05) is 6.61 Å². The zero-order valence-corrected chi connectivity index (χ0v) is 10.5. The van der Waals surface area contributed by atoms with Gasteiger partial charge in [-0.05, 0) is 24.8 Å². The van der Waals surface area contributed by atoms with Crippen molar-refractivity contribution < 1.29 is 19.4 Å². The van der Waals surface area contributed by atoms with Crippen molar-refractivity contribution in [2.24, 2.45) is 0 Å². The first-order chi connectivity index (χ1) is 9.18. The van der Waals surface area contributed by atoms with Crippen molar-refractivity contribution >= 4 is 11.9 Å². The van der Waals surface area contributed by atoms with Crippen LogP contribution in [0, 0.1) is 0 Å². The van der Waals surface area contributed by atoms with E-state index in [1.807, 2.05) is 0 Å². The van der Waals surface area contributed by atoms with Crippen molar-refractivity contribution in [1.29, 1.82) is 0 Å². The Morgan fingerprint density at radius 2 is 2.00 bits per heavy atom. The van der Waals surface area contributed by atoms with Gasteiger partial charge in [-0.1, -0.05) is 30.3 Å². The molecule has 0 saturated carbocycles. The fourth-order valence-corrected chi connectivity index (χ4v) is 2.12. The molecule has 5 nitrogen and oxygen atoms in total. The molecule has 1 saturated heterocycles. The molecule has 2 rings (SSSR count). The summed E-state index contributed by atoms with van der Waals surface area (Å²) in [5.74, 6) is -1.42. The number of carboxylic acid groups (broad SMARTS) is 1. The van der Waals surface area contributed by atoms with Crippen LogP contribution in [0.3, 0.4) is 0 Å². The summed E-state index contributed by atoms with van der Waals surface area (Å²) in [6.45, 7) is 0.557. The molecule has 1 heterocycles. The molecule has 2 atom stereocenters. The summed E-state index contributed by atoms with van der Waals surface area (Å²) in [6, 6.07) is 7.62. The largest absolute Gasteiger partial charge is 0.479 e. The van der Waals surface area contributed by atoms with Gasteiger partial charge in [-0.2, -0.15) is 0 Å². The predicted molar refractivity (Wildman–Crippen MR) is 68.6 cm³/mol. The minimum Gasteiger partial charge on any atom is -0.479 e. The molecule has 0 radical (unpaired) electrons. The average Bonchev–Trinajstić information content (AvgIpc) is 2.46. The van der Waals surface area contributed by atoms with Crippen molar-refractivity contribution in [1.82, 2.24) is 5.32 Å². The number of amides is 1. The van der Waals surface area contributed by atoms with E-state index in [0.29, 0.717) is 18.6 Å². The lowest BCUT2D eigenvalue weighted by molar-refractivity contribution is -0.145. The Bertz CT molecular complexity index is 440. The van der Waals surface area contributed by atoms with Gasteiger partial charge in [-0.15, -0.1) is 0 Å². The fraction of sp³-hybridized carbons (Fsp3) is 0.429. The summed E-state index contributed by atoms with van der Waals surface area (Å²) in [7, 11) is 0. The van der Waals surface area contributed by atoms with Crippen LogP contribution in [0.25, 0.3) is 0 Å². The summed E-state index contributed by atoms with van der Waals surface area (Å²) in [5, 5.41) is 11.8. The molecule has 0 bridgehead atoms. The molecular formula is C14H17NO4. The smallest absolute Gasteiger partial charge is 0.330 e. The highest BCUT2D eigenvalue weighted by molar-refractivity contribution is 5.87. The second-order valence-electron chi connectivity index (χ2n) is 4.55. The van der Waals surface area contributed by atoms with Gasteiger partial charge >= 0.3 is 5.97 Å². The van der Waals surface area contributed by atoms with E-state index in [1.165, 1.54) is 0 Å². The maximum absolute atomic E-state index is 12.0. The predicted octanol–water partition coefficient (Wildman–Crippen LogP) is 1.50. The number of benzene rings is 1. The molecule has 2 N–H and O–H groups in total. The van der Waals surface area contributed by atoms with E-state index in [4.69, 9.17) is 4.74 Å². The number of carboxylic acids is 1. The van der Waals surface area contributed by atoms with Gasteiger partial charge in [0.1, 0.15) is 6.10 Å². The minimum atomic E-state index is -1.07. The van der Waals surface area contributed by atoms with Crippen LogP contribution in [0.4, 0.5) is 0 Å². The van der Waals surface area contributed by atoms with Gasteiger partial charge in [-0.3, -0.25) is 4.79 Å². The number of carbonyl (C=O) groups excluding carboxylic acids is 1. The minimum absolute atomic E-state index is 0.351. The van der Waals surface area contributed by atoms with E-state index in [-0.39, 0.29) is 5.91 Å². The van der Waals surface area contributed by atoms with Crippen LogP contribution in [0.1, 0.15) is 30.9 Å². The molecule has 1 fully saturated rings. The molecule has 1 amide bonds. The maximum atomic E-state index is 12.0. The number of rotatable bonds is 4. The highest BCUT2D eigenvalue weighted by Crippen LogP contribution is 2.16. The van der Waals surface area contributed by atoms with Gasteiger partial charge in [0.05, 0.1) is 0 Å². The maximum Gasteiger partial charge on any atom is 0.330 e. The molecule has 0 spiro atoms. The molecule has 5 heteroatoms. The number of nitrogens with one attached hydrogen (secondary N) is 1. The van der Waals surface area contributed by atoms with Crippen molar-refractivity contribution in [3.05, 3.63) is 35.9 Å². The number of hydrogen-bond donors (Lipinski definition) is 2. The van der Waals surface area contributed by atoms with Gasteiger partial charge in [0.2, 0.25) is 5.91 Å². The highest BCUT2D eigenvalue weighted by atomic mass is 16.5. The van der Waals surface area contributed by atoms with Crippen LogP contribution in [-0.4, -0.2) is 29.7 Å². The van der Waals surface area contributed by atoms with Crippen LogP contribution >= 0.6 is 0 Å². The quantitative estimate of drug-likeness (QED) is 0.863. The molecule has 0 aromatic heterocycles. The molecule has 1 aromatic carbocycles. The molecule has 1 aromatic rings. The number of ether oxygens (including phenoxy) is 1. The first kappa shape index (κ1) is 13.5. The van der Waals surface area contributed by atoms with Gasteiger partial charge in [-0.25, -0.2) is 4.79 Å². The highest BCUT2D eigenvalue weighted by Gasteiger charge is 2.27. The molecule has 0 unspecified atom stereocenters. The topological polar surface area (TPSA) is 75.6 Å². The molecule has 102 valence electrons. The molecule has 1 aliphatic heterocycles. The SMILES string of the molecule is O=C(N[C@H](C(=O)O)c1ccccc1)[C@@H]1CCCCO1. The molecule has 1 aliphatic rings. The fourth-order valence-electron chi connectivity index (χ4n) is 2.12. The number of hydrogen-bond acceptors (Lipinski definition) is 3. The summed E-state index contributed by atoms with van der Waals surface area (Å²) >= 11 is 0. The Balaban J connectivity index is 2.04. The Morgan fingerprint density at radius 1 is 1.26 bits per heavy atom. The van der Waals surface area contributed by atoms with E-state index < -0.39 is 18.1 Å². The van der Waals surface area contributed by atoms with Gasteiger partial charge < -0.3 is 15.2 Å². The van der Waals surface area contributed by atoms with E-state index in [0.717, 1.165) is 12.8 Å². The third-order valence-electron chi connectivity index (χ3n) is 3.14. The van der Waals surface area contributed by atoms with Crippen LogP contribution < -0.4 is 5.32 Å². The standard InChI is InChI=1S/C14H17NO4/c16-13(11-8-4-5-9-19-11)15-12(14(17)18)10-6-2-1-3-7-10/h1-3,6-7,11-12H,4-5,8-9H2,(H,15,16)(H,17,18)/t11-,12-/m0/s1. The van der Waals surface area contributed by atoms with E-state index in [9.17, 15) is 14.7 Å². The number of carbonyl (C=O) groups is 2. The summed E-state index contributed by atoms with van der Waals surface area (Å²) in [6.07, 6.45) is 2.00. The third-order valence-corrected chi connectivity index (χ3v) is 3.14. The first-order valence-corrected chi connectivity index (χ1v) is 6.38. The van der Waals surface area contributed by atoms with E-state index in [1.54, 1.807) is 30.3 Å². The van der Waals surface area contributed by atoms with Crippen LogP contribution in [0.15, 0.2) is 30.3 Å². The van der Waals surface area contributed by atoms with Crippen LogP contribution in [-0.2, 0) is 14.3 Å². The number of aliphatic carboxylic acids is 1. The Kier molecular flexibility index (Phi) is 4.52. The lowest BCUT2D eigenvalue weighted by Gasteiger charge is -2.23. The van der Waals surface area contributed by atoms with Crippen LogP contribution in [0.5, 0.6) is 0 Å². The molecule has 19 heavy (non-hydrogen) atoms. The summed E-state index contributed by atoms with van der Waals surface area (Å²) < 4.78 is 5.35. The Labute approximate surface area is 111 Å². The van der Waals surface area contributed by atoms with Crippen molar-refractivity contribution in [3.8, 4) is 0 Å². The normalized spacial score (nSPS) is 20.5. The van der Waals surface area contributed by atoms with Crippen molar-refractivity contribution in [3.63, 3.8) is 0 Å². The lowest BCUT2D eigenvalue weighted by atomic mass is 10.1. The van der Waals surface area contributed by atoms with Crippen molar-refractivity contribution in [2.75, 3.05) is 6.61 Å². The van der Waals surface area contributed by atoms with Gasteiger partial charge in [0.25, 0.3) is 0 Å². The second-order valence-corrected chi connectivity index (χ2v) is 4.55. The monoisotopic (exact) mass is 263 g/mol. The average molecular weight is 263 g/mol.